The van der Waals surface area contributed by atoms with Crippen LogP contribution in [0.2, 0.25) is 0 Å². The van der Waals surface area contributed by atoms with Crippen molar-refractivity contribution in [2.45, 2.75) is 44.6 Å². The fourth-order valence-corrected chi connectivity index (χ4v) is 5.23. The van der Waals surface area contributed by atoms with Gasteiger partial charge in [0.1, 0.15) is 0 Å². The third-order valence-corrected chi connectivity index (χ3v) is 6.45. The Kier molecular flexibility index (Phi) is 7.14. The number of hydrogen-bond acceptors (Lipinski definition) is 3. The molecule has 0 aromatic heterocycles. The fourth-order valence-electron chi connectivity index (χ4n) is 3.95. The van der Waals surface area contributed by atoms with E-state index in [-0.39, 0.29) is 24.0 Å². The van der Waals surface area contributed by atoms with E-state index in [4.69, 9.17) is 4.99 Å². The standard InChI is InChI=1S/C16H29N3OS.HI/c1-2-17-15(18-11-16(20)7-8-21-12-16)19-9-13-5-3-4-6-14(13)10-19;/h13-14,20H,2-12H2,1H3,(H,17,18);1H. The first-order valence-electron chi connectivity index (χ1n) is 8.53. The zero-order valence-electron chi connectivity index (χ0n) is 13.6. The maximum absolute atomic E-state index is 10.5. The first-order chi connectivity index (χ1) is 10.2. The minimum atomic E-state index is -0.572. The Morgan fingerprint density at radius 2 is 2.00 bits per heavy atom. The summed E-state index contributed by atoms with van der Waals surface area (Å²) in [7, 11) is 0. The van der Waals surface area contributed by atoms with E-state index in [0.29, 0.717) is 6.54 Å². The van der Waals surface area contributed by atoms with Crippen LogP contribution in [0.3, 0.4) is 0 Å². The van der Waals surface area contributed by atoms with Crippen LogP contribution in [0.4, 0.5) is 0 Å². The zero-order chi connectivity index (χ0) is 14.7. The van der Waals surface area contributed by atoms with Crippen molar-refractivity contribution in [2.75, 3.05) is 37.7 Å². The molecule has 2 aliphatic heterocycles. The molecule has 4 nitrogen and oxygen atoms in total. The summed E-state index contributed by atoms with van der Waals surface area (Å²) in [5, 5.41) is 13.9. The molecule has 128 valence electrons. The lowest BCUT2D eigenvalue weighted by Gasteiger charge is -2.24. The summed E-state index contributed by atoms with van der Waals surface area (Å²) >= 11 is 1.84. The van der Waals surface area contributed by atoms with Crippen molar-refractivity contribution in [1.82, 2.24) is 10.2 Å². The number of halogens is 1. The summed E-state index contributed by atoms with van der Waals surface area (Å²) in [5.41, 5.74) is -0.572. The lowest BCUT2D eigenvalue weighted by atomic mass is 9.82. The van der Waals surface area contributed by atoms with Crippen molar-refractivity contribution in [1.29, 1.82) is 0 Å². The molecule has 0 amide bonds. The van der Waals surface area contributed by atoms with Gasteiger partial charge < -0.3 is 15.3 Å². The van der Waals surface area contributed by atoms with Crippen LogP contribution in [0.25, 0.3) is 0 Å². The average molecular weight is 439 g/mol. The topological polar surface area (TPSA) is 47.9 Å². The Morgan fingerprint density at radius 3 is 2.55 bits per heavy atom. The molecule has 0 radical (unpaired) electrons. The number of aliphatic imine (C=N–C) groups is 1. The molecule has 0 aromatic rings. The van der Waals surface area contributed by atoms with Crippen molar-refractivity contribution in [3.05, 3.63) is 0 Å². The molecule has 1 saturated carbocycles. The van der Waals surface area contributed by atoms with E-state index in [1.807, 2.05) is 11.8 Å². The van der Waals surface area contributed by atoms with Gasteiger partial charge in [-0.1, -0.05) is 12.8 Å². The Morgan fingerprint density at radius 1 is 1.32 bits per heavy atom. The molecule has 3 unspecified atom stereocenters. The highest BCUT2D eigenvalue weighted by Crippen LogP contribution is 2.36. The van der Waals surface area contributed by atoms with Gasteiger partial charge in [-0.05, 0) is 43.8 Å². The molecule has 3 fully saturated rings. The van der Waals surface area contributed by atoms with Gasteiger partial charge in [-0.2, -0.15) is 11.8 Å². The number of hydrogen-bond donors (Lipinski definition) is 2. The molecular formula is C16H30IN3OS. The summed E-state index contributed by atoms with van der Waals surface area (Å²) in [6.07, 6.45) is 6.47. The number of likely N-dealkylation sites (tertiary alicyclic amines) is 1. The fraction of sp³-hybridized carbons (Fsp3) is 0.938. The van der Waals surface area contributed by atoms with Crippen LogP contribution in [0, 0.1) is 11.8 Å². The van der Waals surface area contributed by atoms with Crippen molar-refractivity contribution in [3.63, 3.8) is 0 Å². The first kappa shape index (κ1) is 18.6. The van der Waals surface area contributed by atoms with Crippen LogP contribution >= 0.6 is 35.7 Å². The second-order valence-corrected chi connectivity index (χ2v) is 8.01. The van der Waals surface area contributed by atoms with Gasteiger partial charge in [-0.25, -0.2) is 0 Å². The molecule has 2 heterocycles. The number of nitrogens with zero attached hydrogens (tertiary/aromatic N) is 2. The molecule has 3 atom stereocenters. The molecular weight excluding hydrogens is 409 g/mol. The predicted octanol–water partition coefficient (Wildman–Crippen LogP) is 2.56. The highest BCUT2D eigenvalue weighted by atomic mass is 127. The van der Waals surface area contributed by atoms with E-state index in [0.717, 1.165) is 55.4 Å². The van der Waals surface area contributed by atoms with E-state index in [2.05, 4.69) is 17.1 Å². The molecule has 0 spiro atoms. The first-order valence-corrected chi connectivity index (χ1v) is 9.69. The van der Waals surface area contributed by atoms with Crippen LogP contribution in [-0.4, -0.2) is 59.3 Å². The predicted molar refractivity (Wildman–Crippen MR) is 105 cm³/mol. The second-order valence-electron chi connectivity index (χ2n) is 6.91. The normalized spacial score (nSPS) is 35.2. The van der Waals surface area contributed by atoms with Crippen LogP contribution in [0.1, 0.15) is 39.0 Å². The van der Waals surface area contributed by atoms with Gasteiger partial charge in [-0.15, -0.1) is 24.0 Å². The van der Waals surface area contributed by atoms with E-state index < -0.39 is 5.60 Å². The molecule has 2 N–H and O–H groups in total. The summed E-state index contributed by atoms with van der Waals surface area (Å²) < 4.78 is 0. The highest BCUT2D eigenvalue weighted by Gasteiger charge is 2.36. The second kappa shape index (κ2) is 8.42. The third kappa shape index (κ3) is 4.44. The van der Waals surface area contributed by atoms with Crippen molar-refractivity contribution < 1.29 is 5.11 Å². The third-order valence-electron chi connectivity index (χ3n) is 5.22. The summed E-state index contributed by atoms with van der Waals surface area (Å²) in [5.74, 6) is 4.66. The molecule has 22 heavy (non-hydrogen) atoms. The number of guanidine groups is 1. The molecule has 1 aliphatic carbocycles. The minimum Gasteiger partial charge on any atom is -0.387 e. The lowest BCUT2D eigenvalue weighted by Crippen LogP contribution is -2.42. The van der Waals surface area contributed by atoms with Gasteiger partial charge in [0.15, 0.2) is 5.96 Å². The minimum absolute atomic E-state index is 0. The molecule has 2 saturated heterocycles. The van der Waals surface area contributed by atoms with Crippen molar-refractivity contribution in [3.8, 4) is 0 Å². The largest absolute Gasteiger partial charge is 0.387 e. The number of aliphatic hydroxyl groups is 1. The molecule has 3 rings (SSSR count). The lowest BCUT2D eigenvalue weighted by molar-refractivity contribution is 0.0776. The van der Waals surface area contributed by atoms with Gasteiger partial charge >= 0.3 is 0 Å². The number of rotatable bonds is 3. The van der Waals surface area contributed by atoms with Gasteiger partial charge in [0.05, 0.1) is 12.1 Å². The van der Waals surface area contributed by atoms with E-state index in [1.54, 1.807) is 0 Å². The van der Waals surface area contributed by atoms with Crippen LogP contribution < -0.4 is 5.32 Å². The monoisotopic (exact) mass is 439 g/mol. The van der Waals surface area contributed by atoms with E-state index in [1.165, 1.54) is 25.7 Å². The Labute approximate surface area is 155 Å². The maximum atomic E-state index is 10.5. The smallest absolute Gasteiger partial charge is 0.194 e. The van der Waals surface area contributed by atoms with Gasteiger partial charge in [0.2, 0.25) is 0 Å². The van der Waals surface area contributed by atoms with E-state index in [9.17, 15) is 5.11 Å². The van der Waals surface area contributed by atoms with Gasteiger partial charge in [0, 0.05) is 25.4 Å². The average Bonchev–Trinajstić information content (AvgIpc) is 3.10. The SMILES string of the molecule is CCNC(=NCC1(O)CCSC1)N1CC2CCCCC2C1.I. The molecule has 6 heteroatoms. The molecule has 0 bridgehead atoms. The zero-order valence-corrected chi connectivity index (χ0v) is 16.7. The molecule has 0 aromatic carbocycles. The maximum Gasteiger partial charge on any atom is 0.194 e. The van der Waals surface area contributed by atoms with Crippen molar-refractivity contribution >= 4 is 41.7 Å². The Balaban J connectivity index is 0.00000176. The quantitative estimate of drug-likeness (QED) is 0.403. The highest BCUT2D eigenvalue weighted by molar-refractivity contribution is 14.0. The Bertz CT molecular complexity index is 374. The summed E-state index contributed by atoms with van der Waals surface area (Å²) in [4.78, 5) is 7.22. The summed E-state index contributed by atoms with van der Waals surface area (Å²) in [6, 6.07) is 0. The Hall–Kier alpha value is 0.310. The van der Waals surface area contributed by atoms with Gasteiger partial charge in [-0.3, -0.25) is 4.99 Å². The summed E-state index contributed by atoms with van der Waals surface area (Å²) in [6.45, 7) is 5.89. The number of fused-ring (bicyclic) bond motifs is 1. The van der Waals surface area contributed by atoms with Crippen LogP contribution in [0.15, 0.2) is 4.99 Å². The number of thioether (sulfide) groups is 1. The van der Waals surface area contributed by atoms with E-state index >= 15 is 0 Å². The molecule has 3 aliphatic rings. The van der Waals surface area contributed by atoms with Gasteiger partial charge in [0.25, 0.3) is 0 Å². The number of nitrogens with one attached hydrogen (secondary N) is 1. The van der Waals surface area contributed by atoms with Crippen LogP contribution in [-0.2, 0) is 0 Å². The van der Waals surface area contributed by atoms with Crippen molar-refractivity contribution in [2.24, 2.45) is 16.8 Å². The van der Waals surface area contributed by atoms with Crippen LogP contribution in [0.5, 0.6) is 0 Å².